The molecule has 41 heavy (non-hydrogen) atoms. The van der Waals surface area contributed by atoms with Crippen LogP contribution in [0.15, 0.2) is 65.7 Å². The van der Waals surface area contributed by atoms with Crippen molar-refractivity contribution in [2.45, 2.75) is 25.6 Å². The van der Waals surface area contributed by atoms with Gasteiger partial charge in [0.25, 0.3) is 5.56 Å². The molecular weight excluding hydrogens is 533 g/mol. The minimum Gasteiger partial charge on any atom is -0.374 e. The Morgan fingerprint density at radius 2 is 1.73 bits per heavy atom. The second kappa shape index (κ2) is 10.8. The van der Waals surface area contributed by atoms with Gasteiger partial charge < -0.3 is 20.2 Å². The standard InChI is InChI=1S/C29H29F3N8O/c1-18(26-33-10-4-11-34-26)35-25-20-5-2-3-6-21(20)38-28(41)24(25)27-36-22-8-7-19(17-23(22)37-27)40-15-13-39(14-16-40)12-9-29(30,31)32/h2-8,10-11,17-18H,9,12-16H2,1H3,(H,36,37)(H2,35,38,41)/t18-/m1/s1. The minimum atomic E-state index is -4.14. The molecule has 0 unspecified atom stereocenters. The third kappa shape index (κ3) is 5.73. The summed E-state index contributed by atoms with van der Waals surface area (Å²) in [5.74, 6) is 1.01. The van der Waals surface area contributed by atoms with Gasteiger partial charge >= 0.3 is 6.18 Å². The molecule has 9 nitrogen and oxygen atoms in total. The van der Waals surface area contributed by atoms with Gasteiger partial charge in [-0.3, -0.25) is 9.69 Å². The lowest BCUT2D eigenvalue weighted by atomic mass is 10.1. The van der Waals surface area contributed by atoms with Crippen LogP contribution in [0, 0.1) is 0 Å². The third-order valence-electron chi connectivity index (χ3n) is 7.41. The number of hydrogen-bond acceptors (Lipinski definition) is 7. The Hall–Kier alpha value is -4.45. The lowest BCUT2D eigenvalue weighted by Gasteiger charge is -2.36. The molecule has 3 aromatic heterocycles. The quantitative estimate of drug-likeness (QED) is 0.253. The first-order valence-corrected chi connectivity index (χ1v) is 13.5. The van der Waals surface area contributed by atoms with E-state index in [4.69, 9.17) is 4.98 Å². The van der Waals surface area contributed by atoms with Crippen molar-refractivity contribution < 1.29 is 13.2 Å². The van der Waals surface area contributed by atoms with Crippen LogP contribution >= 0.6 is 0 Å². The molecule has 3 N–H and O–H groups in total. The van der Waals surface area contributed by atoms with E-state index in [0.717, 1.165) is 16.6 Å². The summed E-state index contributed by atoms with van der Waals surface area (Å²) in [6.45, 7) is 4.33. The van der Waals surface area contributed by atoms with Gasteiger partial charge in [-0.15, -0.1) is 0 Å². The molecule has 0 aliphatic carbocycles. The predicted octanol–water partition coefficient (Wildman–Crippen LogP) is 5.11. The van der Waals surface area contributed by atoms with Crippen LogP contribution in [0.25, 0.3) is 33.3 Å². The molecule has 0 radical (unpaired) electrons. The number of rotatable bonds is 7. The number of aromatic amines is 2. The number of halogens is 3. The number of piperazine rings is 1. The first-order chi connectivity index (χ1) is 19.7. The van der Waals surface area contributed by atoms with E-state index in [1.54, 1.807) is 18.5 Å². The van der Waals surface area contributed by atoms with E-state index in [1.807, 2.05) is 54.3 Å². The molecule has 1 fully saturated rings. The van der Waals surface area contributed by atoms with Crippen LogP contribution in [0.1, 0.15) is 25.2 Å². The second-order valence-electron chi connectivity index (χ2n) is 10.2. The van der Waals surface area contributed by atoms with E-state index in [9.17, 15) is 18.0 Å². The Morgan fingerprint density at radius 3 is 2.49 bits per heavy atom. The molecule has 5 aromatic rings. The van der Waals surface area contributed by atoms with E-state index >= 15 is 0 Å². The van der Waals surface area contributed by atoms with Crippen LogP contribution < -0.4 is 15.8 Å². The molecular formula is C29H29F3N8O. The number of H-pyrrole nitrogens is 2. The van der Waals surface area contributed by atoms with Gasteiger partial charge in [-0.1, -0.05) is 18.2 Å². The van der Waals surface area contributed by atoms with Crippen molar-refractivity contribution in [3.8, 4) is 11.4 Å². The lowest BCUT2D eigenvalue weighted by Crippen LogP contribution is -2.47. The van der Waals surface area contributed by atoms with E-state index in [1.165, 1.54) is 0 Å². The Bertz CT molecular complexity index is 1730. The summed E-state index contributed by atoms with van der Waals surface area (Å²) in [6, 6.07) is 14.8. The molecule has 12 heteroatoms. The predicted molar refractivity (Wildman–Crippen MR) is 153 cm³/mol. The first kappa shape index (κ1) is 26.8. The monoisotopic (exact) mass is 562 g/mol. The number of aromatic nitrogens is 5. The number of nitrogens with zero attached hydrogens (tertiary/aromatic N) is 5. The number of fused-ring (bicyclic) bond motifs is 2. The molecule has 6 rings (SSSR count). The molecule has 1 aliphatic rings. The Kier molecular flexibility index (Phi) is 7.08. The van der Waals surface area contributed by atoms with Crippen molar-refractivity contribution >= 4 is 33.3 Å². The number of nitrogens with one attached hydrogen (secondary N) is 3. The van der Waals surface area contributed by atoms with Crippen molar-refractivity contribution in [2.24, 2.45) is 0 Å². The normalized spacial score (nSPS) is 15.5. The summed E-state index contributed by atoms with van der Waals surface area (Å²) in [6.07, 6.45) is -1.58. The topological polar surface area (TPSA) is 106 Å². The van der Waals surface area contributed by atoms with Crippen molar-refractivity contribution in [1.29, 1.82) is 0 Å². The number of para-hydroxylation sites is 1. The molecule has 0 amide bonds. The van der Waals surface area contributed by atoms with Crippen LogP contribution in [-0.4, -0.2) is 68.7 Å². The highest BCUT2D eigenvalue weighted by molar-refractivity contribution is 5.99. The van der Waals surface area contributed by atoms with Crippen molar-refractivity contribution in [3.63, 3.8) is 0 Å². The Morgan fingerprint density at radius 1 is 0.976 bits per heavy atom. The molecule has 4 heterocycles. The molecule has 1 atom stereocenters. The zero-order valence-electron chi connectivity index (χ0n) is 22.4. The largest absolute Gasteiger partial charge is 0.390 e. The highest BCUT2D eigenvalue weighted by Crippen LogP contribution is 2.33. The summed E-state index contributed by atoms with van der Waals surface area (Å²) in [5, 5.41) is 4.28. The van der Waals surface area contributed by atoms with Crippen molar-refractivity contribution in [2.75, 3.05) is 42.9 Å². The van der Waals surface area contributed by atoms with Crippen molar-refractivity contribution in [1.82, 2.24) is 29.8 Å². The summed E-state index contributed by atoms with van der Waals surface area (Å²) in [4.78, 5) is 37.2. The van der Waals surface area contributed by atoms with Gasteiger partial charge in [-0.25, -0.2) is 15.0 Å². The van der Waals surface area contributed by atoms with Crippen LogP contribution in [0.5, 0.6) is 0 Å². The molecule has 0 spiro atoms. The van der Waals surface area contributed by atoms with E-state index < -0.39 is 12.6 Å². The average Bonchev–Trinajstić information content (AvgIpc) is 3.39. The van der Waals surface area contributed by atoms with Crippen LogP contribution in [0.4, 0.5) is 24.5 Å². The molecule has 1 saturated heterocycles. The molecule has 1 aliphatic heterocycles. The maximum Gasteiger partial charge on any atom is 0.390 e. The molecule has 0 bridgehead atoms. The first-order valence-electron chi connectivity index (χ1n) is 13.5. The number of pyridine rings is 1. The zero-order chi connectivity index (χ0) is 28.6. The highest BCUT2D eigenvalue weighted by atomic mass is 19.4. The zero-order valence-corrected chi connectivity index (χ0v) is 22.4. The SMILES string of the molecule is C[C@@H](Nc1c(-c2nc3ccc(N4CCN(CCC(F)(F)F)CC4)cc3[nH]2)c(=O)[nH]c2ccccc12)c1ncccn1. The third-order valence-corrected chi connectivity index (χ3v) is 7.41. The van der Waals surface area contributed by atoms with Crippen LogP contribution in [0.3, 0.4) is 0 Å². The van der Waals surface area contributed by atoms with Crippen molar-refractivity contribution in [3.05, 3.63) is 77.1 Å². The molecule has 2 aromatic carbocycles. The summed E-state index contributed by atoms with van der Waals surface area (Å²) >= 11 is 0. The average molecular weight is 563 g/mol. The van der Waals surface area contributed by atoms with E-state index in [2.05, 4.69) is 30.2 Å². The van der Waals surface area contributed by atoms with Crippen LogP contribution in [-0.2, 0) is 0 Å². The fourth-order valence-electron chi connectivity index (χ4n) is 5.26. The maximum atomic E-state index is 13.4. The number of imidazole rings is 1. The van der Waals surface area contributed by atoms with E-state index in [-0.39, 0.29) is 18.1 Å². The molecule has 0 saturated carbocycles. The maximum absolute atomic E-state index is 13.4. The van der Waals surface area contributed by atoms with Gasteiger partial charge in [0, 0.05) is 56.2 Å². The lowest BCUT2D eigenvalue weighted by molar-refractivity contribution is -0.138. The number of benzene rings is 2. The van der Waals surface area contributed by atoms with Gasteiger partial charge in [0.15, 0.2) is 0 Å². The smallest absolute Gasteiger partial charge is 0.374 e. The number of hydrogen-bond donors (Lipinski definition) is 3. The Labute approximate surface area is 233 Å². The van der Waals surface area contributed by atoms with Crippen LogP contribution in [0.2, 0.25) is 0 Å². The number of alkyl halides is 3. The summed E-state index contributed by atoms with van der Waals surface area (Å²) < 4.78 is 37.8. The second-order valence-corrected chi connectivity index (χ2v) is 10.2. The number of anilines is 2. The fraction of sp³-hybridized carbons (Fsp3) is 0.310. The van der Waals surface area contributed by atoms with E-state index in [0.29, 0.717) is 60.1 Å². The van der Waals surface area contributed by atoms with Gasteiger partial charge in [0.1, 0.15) is 17.2 Å². The molecule has 212 valence electrons. The fourth-order valence-corrected chi connectivity index (χ4v) is 5.26. The summed E-state index contributed by atoms with van der Waals surface area (Å²) in [5.41, 5.74) is 3.81. The van der Waals surface area contributed by atoms with Gasteiger partial charge in [0.05, 0.1) is 34.7 Å². The van der Waals surface area contributed by atoms with Gasteiger partial charge in [0.2, 0.25) is 0 Å². The Balaban J connectivity index is 1.31. The van der Waals surface area contributed by atoms with Gasteiger partial charge in [-0.05, 0) is 37.3 Å². The summed E-state index contributed by atoms with van der Waals surface area (Å²) in [7, 11) is 0. The minimum absolute atomic E-state index is 0.0198. The van der Waals surface area contributed by atoms with Gasteiger partial charge in [-0.2, -0.15) is 13.2 Å². The highest BCUT2D eigenvalue weighted by Gasteiger charge is 2.29.